The molecular formula is C65H39NO. The number of nitrogens with zero attached hydrogens (tertiary/aromatic N) is 1. The summed E-state index contributed by atoms with van der Waals surface area (Å²) in [7, 11) is 0. The van der Waals surface area contributed by atoms with Crippen LogP contribution < -0.4 is 4.90 Å². The van der Waals surface area contributed by atoms with Crippen molar-refractivity contribution in [3.05, 3.63) is 259 Å². The number of fused-ring (bicyclic) bond motifs is 21. The maximum Gasteiger partial charge on any atom is 0.143 e. The van der Waals surface area contributed by atoms with E-state index < -0.39 is 5.41 Å². The van der Waals surface area contributed by atoms with Crippen molar-refractivity contribution in [3.63, 3.8) is 0 Å². The first kappa shape index (κ1) is 36.6. The highest BCUT2D eigenvalue weighted by Gasteiger charge is 2.51. The zero-order valence-corrected chi connectivity index (χ0v) is 36.4. The first-order chi connectivity index (χ1) is 33.2. The number of anilines is 3. The Morgan fingerprint density at radius 1 is 0.284 bits per heavy atom. The molecule has 2 aliphatic carbocycles. The lowest BCUT2D eigenvalue weighted by Crippen LogP contribution is -2.26. The molecule has 1 spiro atoms. The molecule has 67 heavy (non-hydrogen) atoms. The van der Waals surface area contributed by atoms with Gasteiger partial charge in [0, 0.05) is 33.2 Å². The van der Waals surface area contributed by atoms with Crippen LogP contribution in [0.3, 0.4) is 0 Å². The molecule has 13 aromatic rings. The van der Waals surface area contributed by atoms with Crippen LogP contribution >= 0.6 is 0 Å². The third-order valence-corrected chi connectivity index (χ3v) is 15.0. The lowest BCUT2D eigenvalue weighted by atomic mass is 9.70. The molecule has 1 aromatic heterocycles. The predicted molar refractivity (Wildman–Crippen MR) is 280 cm³/mol. The molecule has 0 fully saturated rings. The summed E-state index contributed by atoms with van der Waals surface area (Å²) < 4.78 is 6.63. The van der Waals surface area contributed by atoms with Crippen molar-refractivity contribution in [1.29, 1.82) is 0 Å². The van der Waals surface area contributed by atoms with Crippen LogP contribution in [0, 0.1) is 0 Å². The number of benzene rings is 12. The van der Waals surface area contributed by atoms with E-state index in [0.717, 1.165) is 55.5 Å². The summed E-state index contributed by atoms with van der Waals surface area (Å²) in [4.78, 5) is 2.46. The summed E-state index contributed by atoms with van der Waals surface area (Å²) in [5.41, 5.74) is 17.5. The smallest absolute Gasteiger partial charge is 0.143 e. The van der Waals surface area contributed by atoms with E-state index >= 15 is 0 Å². The van der Waals surface area contributed by atoms with Crippen LogP contribution in [0.1, 0.15) is 22.3 Å². The molecule has 1 heterocycles. The highest BCUT2D eigenvalue weighted by atomic mass is 16.3. The van der Waals surface area contributed by atoms with Crippen LogP contribution in [-0.2, 0) is 5.41 Å². The van der Waals surface area contributed by atoms with E-state index in [2.05, 4.69) is 241 Å². The van der Waals surface area contributed by atoms with E-state index in [1.807, 2.05) is 0 Å². The quantitative estimate of drug-likeness (QED) is 0.164. The maximum absolute atomic E-state index is 6.63. The molecule has 0 aliphatic heterocycles. The second kappa shape index (κ2) is 13.7. The van der Waals surface area contributed by atoms with Crippen LogP contribution in [0.25, 0.3) is 98.4 Å². The van der Waals surface area contributed by atoms with Gasteiger partial charge in [-0.2, -0.15) is 0 Å². The summed E-state index contributed by atoms with van der Waals surface area (Å²) >= 11 is 0. The molecule has 2 heteroatoms. The Kier molecular flexibility index (Phi) is 7.46. The van der Waals surface area contributed by atoms with Crippen molar-refractivity contribution >= 4 is 82.1 Å². The van der Waals surface area contributed by atoms with E-state index in [1.165, 1.54) is 82.2 Å². The van der Waals surface area contributed by atoms with Crippen LogP contribution in [0.4, 0.5) is 17.1 Å². The standard InChI is InChI=1S/C65H39NO/c1-2-14-46-41(13-1)27-34-57-56-33-28-42(37-63(56)67-64(46)57)40-25-29-43(30-26-40)66(44-31-35-51-49-17-4-3-15-47(49)48-16-5-6-18-50(48)58(51)38-44)45-32-36-55-54-21-9-12-24-61(54)65(62(55)39-45)59-22-10-7-19-52(59)53-20-8-11-23-60(53)65/h1-39H. The number of rotatable bonds is 4. The van der Waals surface area contributed by atoms with Gasteiger partial charge in [0.1, 0.15) is 11.2 Å². The van der Waals surface area contributed by atoms with Gasteiger partial charge in [-0.25, -0.2) is 0 Å². The second-order valence-electron chi connectivity index (χ2n) is 18.3. The van der Waals surface area contributed by atoms with Crippen molar-refractivity contribution in [2.24, 2.45) is 0 Å². The lowest BCUT2D eigenvalue weighted by molar-refractivity contribution is 0.673. The molecule has 0 saturated carbocycles. The fourth-order valence-corrected chi connectivity index (χ4v) is 12.2. The Labute approximate surface area is 387 Å². The average Bonchev–Trinajstić information content (AvgIpc) is 4.03. The first-order valence-corrected chi connectivity index (χ1v) is 23.2. The maximum atomic E-state index is 6.63. The molecule has 0 bridgehead atoms. The van der Waals surface area contributed by atoms with Gasteiger partial charge in [-0.05, 0) is 148 Å². The van der Waals surface area contributed by atoms with Crippen LogP contribution in [0.5, 0.6) is 0 Å². The van der Waals surface area contributed by atoms with E-state index in [0.29, 0.717) is 0 Å². The molecule has 2 nitrogen and oxygen atoms in total. The largest absolute Gasteiger partial charge is 0.455 e. The molecule has 0 saturated heterocycles. The summed E-state index contributed by atoms with van der Waals surface area (Å²) in [5, 5.41) is 12.2. The Bertz CT molecular complexity index is 4130. The minimum Gasteiger partial charge on any atom is -0.455 e. The molecule has 0 unspecified atom stereocenters. The Morgan fingerprint density at radius 2 is 0.746 bits per heavy atom. The van der Waals surface area contributed by atoms with Gasteiger partial charge in [0.05, 0.1) is 5.41 Å². The second-order valence-corrected chi connectivity index (χ2v) is 18.3. The zero-order valence-electron chi connectivity index (χ0n) is 36.4. The minimum atomic E-state index is -0.454. The monoisotopic (exact) mass is 849 g/mol. The molecule has 12 aromatic carbocycles. The van der Waals surface area contributed by atoms with Gasteiger partial charge in [-0.1, -0.05) is 182 Å². The van der Waals surface area contributed by atoms with Gasteiger partial charge >= 0.3 is 0 Å². The summed E-state index contributed by atoms with van der Waals surface area (Å²) in [6.07, 6.45) is 0. The van der Waals surface area contributed by atoms with Gasteiger partial charge < -0.3 is 9.32 Å². The topological polar surface area (TPSA) is 16.4 Å². The molecule has 2 aliphatic rings. The number of hydrogen-bond donors (Lipinski definition) is 0. The van der Waals surface area contributed by atoms with E-state index in [4.69, 9.17) is 4.42 Å². The Morgan fingerprint density at radius 3 is 1.40 bits per heavy atom. The summed E-state index contributed by atoms with van der Waals surface area (Å²) in [6, 6.07) is 87.7. The van der Waals surface area contributed by atoms with Crippen molar-refractivity contribution in [2.75, 3.05) is 4.90 Å². The molecule has 0 radical (unpaired) electrons. The van der Waals surface area contributed by atoms with Crippen LogP contribution in [0.2, 0.25) is 0 Å². The Balaban J connectivity index is 0.940. The van der Waals surface area contributed by atoms with E-state index in [-0.39, 0.29) is 0 Å². The Hall–Kier alpha value is -8.72. The van der Waals surface area contributed by atoms with Crippen molar-refractivity contribution in [3.8, 4) is 33.4 Å². The molecule has 0 atom stereocenters. The van der Waals surface area contributed by atoms with Gasteiger partial charge in [-0.3, -0.25) is 0 Å². The third kappa shape index (κ3) is 4.99. The fraction of sp³-hybridized carbons (Fsp3) is 0.0154. The van der Waals surface area contributed by atoms with Crippen LogP contribution in [0.15, 0.2) is 241 Å². The van der Waals surface area contributed by atoms with E-state index in [1.54, 1.807) is 0 Å². The normalized spacial score (nSPS) is 13.2. The van der Waals surface area contributed by atoms with Crippen molar-refractivity contribution in [2.45, 2.75) is 5.41 Å². The van der Waals surface area contributed by atoms with Gasteiger partial charge in [0.15, 0.2) is 0 Å². The lowest BCUT2D eigenvalue weighted by Gasteiger charge is -2.32. The number of hydrogen-bond acceptors (Lipinski definition) is 2. The highest BCUT2D eigenvalue weighted by molar-refractivity contribution is 6.26. The van der Waals surface area contributed by atoms with Crippen LogP contribution in [-0.4, -0.2) is 0 Å². The first-order valence-electron chi connectivity index (χ1n) is 23.2. The summed E-state index contributed by atoms with van der Waals surface area (Å²) in [5.74, 6) is 0. The van der Waals surface area contributed by atoms with Crippen molar-refractivity contribution in [1.82, 2.24) is 0 Å². The average molecular weight is 850 g/mol. The predicted octanol–water partition coefficient (Wildman–Crippen LogP) is 17.7. The van der Waals surface area contributed by atoms with Crippen molar-refractivity contribution < 1.29 is 4.42 Å². The SMILES string of the molecule is c1ccc2c(c1)-c1ccccc1C21c2ccccc2-c2ccc(N(c3ccc(-c4ccc5c(c4)oc4c6ccccc6ccc54)cc3)c3ccc4c5ccccc5c5ccccc5c4c3)cc21. The zero-order chi connectivity index (χ0) is 43.8. The third-order valence-electron chi connectivity index (χ3n) is 15.0. The van der Waals surface area contributed by atoms with Gasteiger partial charge in [0.25, 0.3) is 0 Å². The van der Waals surface area contributed by atoms with E-state index in [9.17, 15) is 0 Å². The molecule has 0 N–H and O–H groups in total. The molecular weight excluding hydrogens is 811 g/mol. The summed E-state index contributed by atoms with van der Waals surface area (Å²) in [6.45, 7) is 0. The molecule has 310 valence electrons. The molecule has 15 rings (SSSR count). The fourth-order valence-electron chi connectivity index (χ4n) is 12.2. The van der Waals surface area contributed by atoms with Gasteiger partial charge in [0.2, 0.25) is 0 Å². The molecule has 0 amide bonds. The highest BCUT2D eigenvalue weighted by Crippen LogP contribution is 2.63. The number of furan rings is 1. The minimum absolute atomic E-state index is 0.454. The van der Waals surface area contributed by atoms with Gasteiger partial charge in [-0.15, -0.1) is 0 Å².